The number of carbonyl (C=O) groups excluding carboxylic acids is 1. The van der Waals surface area contributed by atoms with Crippen molar-refractivity contribution in [1.82, 2.24) is 4.90 Å². The standard InChI is InChI=1S/C23H37NO4/c1-15-11-21-20(16(2)13-24-10-6-7-19(14-24)27-5)9-8-17(3)23(21,26)12-22(15)28-18(4)25/h11,16-17,19-22,26H,6-10,13-14H2,1-5H3/t16-,17-,19-,20+,21-,22-,23-/m1/s1. The van der Waals surface area contributed by atoms with E-state index in [-0.39, 0.29) is 17.8 Å². The number of piperidine rings is 1. The zero-order valence-electron chi connectivity index (χ0n) is 18.1. The number of likely N-dealkylation sites (tertiary alicyclic amines) is 1. The molecule has 1 saturated heterocycles. The maximum atomic E-state index is 11.6. The zero-order valence-corrected chi connectivity index (χ0v) is 18.1. The molecule has 5 nitrogen and oxygen atoms in total. The number of carbonyl (C=O) groups is 1. The molecule has 2 fully saturated rings. The molecule has 0 aromatic carbocycles. The summed E-state index contributed by atoms with van der Waals surface area (Å²) in [5.74, 6) is 0.663. The van der Waals surface area contributed by atoms with Gasteiger partial charge >= 0.3 is 5.97 Å². The third-order valence-electron chi connectivity index (χ3n) is 7.23. The largest absolute Gasteiger partial charge is 0.457 e. The fraction of sp³-hybridized carbons (Fsp3) is 0.826. The molecule has 0 unspecified atom stereocenters. The minimum Gasteiger partial charge on any atom is -0.457 e. The lowest BCUT2D eigenvalue weighted by Crippen LogP contribution is -2.57. The van der Waals surface area contributed by atoms with Crippen LogP contribution in [-0.2, 0) is 14.3 Å². The van der Waals surface area contributed by atoms with E-state index in [0.29, 0.717) is 17.9 Å². The van der Waals surface area contributed by atoms with Gasteiger partial charge in [0, 0.05) is 33.0 Å². The molecule has 2 aliphatic carbocycles. The number of hydrogen-bond acceptors (Lipinski definition) is 5. The van der Waals surface area contributed by atoms with Crippen LogP contribution in [0.25, 0.3) is 0 Å². The molecule has 2 radical (unpaired) electrons. The summed E-state index contributed by atoms with van der Waals surface area (Å²) in [6.45, 7) is 11.0. The average Bonchev–Trinajstić information content (AvgIpc) is 2.64. The molecular formula is C23H37NO4. The SMILES string of the molecule is CO[C@@H]1CCCN(C[C@@H](C)[C@@H]2CC[C@@H](C)[C@]3(O)[C][C@@H](OC(C)=O)C(C)=C[C@H]23)C1. The van der Waals surface area contributed by atoms with Gasteiger partial charge in [-0.15, -0.1) is 0 Å². The predicted molar refractivity (Wildman–Crippen MR) is 109 cm³/mol. The molecule has 5 heteroatoms. The summed E-state index contributed by atoms with van der Waals surface area (Å²) >= 11 is 0. The van der Waals surface area contributed by atoms with E-state index >= 15 is 0 Å². The first-order chi connectivity index (χ1) is 13.2. The summed E-state index contributed by atoms with van der Waals surface area (Å²) in [5, 5.41) is 11.6. The van der Waals surface area contributed by atoms with Crippen molar-refractivity contribution in [3.8, 4) is 0 Å². The second kappa shape index (κ2) is 8.85. The third-order valence-corrected chi connectivity index (χ3v) is 7.23. The molecule has 1 aliphatic heterocycles. The monoisotopic (exact) mass is 391 g/mol. The molecule has 1 N–H and O–H groups in total. The van der Waals surface area contributed by atoms with Gasteiger partial charge in [-0.2, -0.15) is 0 Å². The molecule has 0 aromatic heterocycles. The van der Waals surface area contributed by atoms with Crippen LogP contribution in [0.3, 0.4) is 0 Å². The average molecular weight is 392 g/mol. The van der Waals surface area contributed by atoms with E-state index in [4.69, 9.17) is 9.47 Å². The van der Waals surface area contributed by atoms with Gasteiger partial charge in [0.05, 0.1) is 18.1 Å². The van der Waals surface area contributed by atoms with Gasteiger partial charge in [0.1, 0.15) is 6.10 Å². The molecule has 7 atom stereocenters. The van der Waals surface area contributed by atoms with E-state index in [1.54, 1.807) is 7.11 Å². The Morgan fingerprint density at radius 1 is 1.43 bits per heavy atom. The summed E-state index contributed by atoms with van der Waals surface area (Å²) in [6, 6.07) is 0. The van der Waals surface area contributed by atoms with Gasteiger partial charge in [0.2, 0.25) is 0 Å². The van der Waals surface area contributed by atoms with Gasteiger partial charge in [0.25, 0.3) is 0 Å². The van der Waals surface area contributed by atoms with Crippen LogP contribution in [0.2, 0.25) is 0 Å². The van der Waals surface area contributed by atoms with E-state index < -0.39 is 11.7 Å². The van der Waals surface area contributed by atoms with Crippen LogP contribution < -0.4 is 0 Å². The highest BCUT2D eigenvalue weighted by Crippen LogP contribution is 2.50. The smallest absolute Gasteiger partial charge is 0.303 e. The van der Waals surface area contributed by atoms with Crippen LogP contribution in [0.1, 0.15) is 53.4 Å². The Labute approximate surface area is 170 Å². The van der Waals surface area contributed by atoms with Crippen molar-refractivity contribution >= 4 is 5.97 Å². The molecule has 0 bridgehead atoms. The third kappa shape index (κ3) is 4.47. The molecular weight excluding hydrogens is 354 g/mol. The molecule has 28 heavy (non-hydrogen) atoms. The number of fused-ring (bicyclic) bond motifs is 1. The van der Waals surface area contributed by atoms with Crippen LogP contribution in [0.15, 0.2) is 11.6 Å². The van der Waals surface area contributed by atoms with Gasteiger partial charge < -0.3 is 19.5 Å². The number of hydrogen-bond donors (Lipinski definition) is 1. The fourth-order valence-electron chi connectivity index (χ4n) is 5.52. The summed E-state index contributed by atoms with van der Waals surface area (Å²) < 4.78 is 11.0. The lowest BCUT2D eigenvalue weighted by molar-refractivity contribution is -0.148. The van der Waals surface area contributed by atoms with Gasteiger partial charge in [0.15, 0.2) is 0 Å². The van der Waals surface area contributed by atoms with E-state index in [9.17, 15) is 9.90 Å². The molecule has 0 amide bonds. The number of rotatable bonds is 5. The van der Waals surface area contributed by atoms with Crippen molar-refractivity contribution in [3.63, 3.8) is 0 Å². The summed E-state index contributed by atoms with van der Waals surface area (Å²) in [4.78, 5) is 14.0. The van der Waals surface area contributed by atoms with Gasteiger partial charge in [-0.25, -0.2) is 0 Å². The second-order valence-corrected chi connectivity index (χ2v) is 9.27. The first-order valence-electron chi connectivity index (χ1n) is 10.8. The summed E-state index contributed by atoms with van der Waals surface area (Å²) in [5.41, 5.74) is -0.0538. The van der Waals surface area contributed by atoms with E-state index in [1.807, 2.05) is 6.92 Å². The molecule has 3 aliphatic rings. The molecule has 1 heterocycles. The Morgan fingerprint density at radius 2 is 2.18 bits per heavy atom. The quantitative estimate of drug-likeness (QED) is 0.576. The first-order valence-corrected chi connectivity index (χ1v) is 10.8. The topological polar surface area (TPSA) is 59.0 Å². The van der Waals surface area contributed by atoms with Crippen molar-refractivity contribution in [2.24, 2.45) is 23.7 Å². The van der Waals surface area contributed by atoms with Crippen molar-refractivity contribution in [3.05, 3.63) is 18.1 Å². The predicted octanol–water partition coefficient (Wildman–Crippen LogP) is 3.10. The normalized spacial score (nSPS) is 40.4. The van der Waals surface area contributed by atoms with E-state index in [0.717, 1.165) is 44.5 Å². The first kappa shape index (κ1) is 21.8. The van der Waals surface area contributed by atoms with Gasteiger partial charge in [-0.3, -0.25) is 4.79 Å². The van der Waals surface area contributed by atoms with Crippen LogP contribution in [0.5, 0.6) is 0 Å². The molecule has 0 aromatic rings. The number of methoxy groups -OCH3 is 1. The van der Waals surface area contributed by atoms with Crippen LogP contribution in [-0.4, -0.2) is 60.5 Å². The van der Waals surface area contributed by atoms with Crippen LogP contribution in [0.4, 0.5) is 0 Å². The number of esters is 1. The van der Waals surface area contributed by atoms with Crippen molar-refractivity contribution in [1.29, 1.82) is 0 Å². The lowest BCUT2D eigenvalue weighted by Gasteiger charge is -2.53. The zero-order chi connectivity index (χ0) is 20.5. The Hall–Kier alpha value is -0.910. The lowest BCUT2D eigenvalue weighted by atomic mass is 9.57. The minimum absolute atomic E-state index is 0.0288. The highest BCUT2D eigenvalue weighted by molar-refractivity contribution is 5.66. The fourth-order valence-corrected chi connectivity index (χ4v) is 5.52. The van der Waals surface area contributed by atoms with Crippen molar-refractivity contribution < 1.29 is 19.4 Å². The molecule has 0 spiro atoms. The highest BCUT2D eigenvalue weighted by Gasteiger charge is 2.53. The number of aliphatic hydroxyl groups is 1. The minimum atomic E-state index is -1.03. The Balaban J connectivity index is 1.75. The number of nitrogens with zero attached hydrogens (tertiary/aromatic N) is 1. The van der Waals surface area contributed by atoms with Crippen molar-refractivity contribution in [2.45, 2.75) is 71.2 Å². The van der Waals surface area contributed by atoms with Crippen LogP contribution in [0, 0.1) is 30.1 Å². The Morgan fingerprint density at radius 3 is 2.86 bits per heavy atom. The maximum absolute atomic E-state index is 11.6. The molecule has 158 valence electrons. The Kier molecular flexibility index (Phi) is 6.88. The maximum Gasteiger partial charge on any atom is 0.303 e. The van der Waals surface area contributed by atoms with Gasteiger partial charge in [-0.1, -0.05) is 19.9 Å². The van der Waals surface area contributed by atoms with Crippen molar-refractivity contribution in [2.75, 3.05) is 26.7 Å². The summed E-state index contributed by atoms with van der Waals surface area (Å²) in [7, 11) is 1.81. The second-order valence-electron chi connectivity index (χ2n) is 9.27. The molecule has 3 rings (SSSR count). The highest BCUT2D eigenvalue weighted by atomic mass is 16.5. The summed E-state index contributed by atoms with van der Waals surface area (Å²) in [6.07, 6.45) is 9.65. The van der Waals surface area contributed by atoms with Gasteiger partial charge in [-0.05, 0) is 62.5 Å². The van der Waals surface area contributed by atoms with Crippen LogP contribution >= 0.6 is 0 Å². The molecule has 1 saturated carbocycles. The Bertz CT molecular complexity index is 591. The van der Waals surface area contributed by atoms with E-state index in [2.05, 4.69) is 31.2 Å². The van der Waals surface area contributed by atoms with E-state index in [1.165, 1.54) is 13.3 Å². The number of ether oxygens (including phenoxy) is 2.